The summed E-state index contributed by atoms with van der Waals surface area (Å²) in [5.74, 6) is -0.895. The van der Waals surface area contributed by atoms with Gasteiger partial charge in [-0.15, -0.1) is 0 Å². The van der Waals surface area contributed by atoms with Gasteiger partial charge in [0.25, 0.3) is 0 Å². The number of carbonyl (C=O) groups excluding carboxylic acids is 2. The third-order valence-electron chi connectivity index (χ3n) is 6.11. The van der Waals surface area contributed by atoms with Crippen molar-refractivity contribution >= 4 is 22.6 Å². The van der Waals surface area contributed by atoms with Gasteiger partial charge >= 0.3 is 5.97 Å². The lowest BCUT2D eigenvalue weighted by atomic mass is 9.95. The fourth-order valence-electron chi connectivity index (χ4n) is 4.03. The smallest absolute Gasteiger partial charge is 0.307 e. The molecule has 0 bridgehead atoms. The summed E-state index contributed by atoms with van der Waals surface area (Å²) in [4.78, 5) is 27.5. The number of methoxy groups -OCH3 is 1. The number of amides is 1. The molecule has 0 fully saturated rings. The van der Waals surface area contributed by atoms with Crippen molar-refractivity contribution in [2.75, 3.05) is 53.3 Å². The number of carbonyl (C=O) groups is 2. The fourth-order valence-corrected chi connectivity index (χ4v) is 4.03. The summed E-state index contributed by atoms with van der Waals surface area (Å²) in [7, 11) is 1.31. The molecule has 0 aliphatic carbocycles. The minimum absolute atomic E-state index is 0.0111. The summed E-state index contributed by atoms with van der Waals surface area (Å²) in [6.07, 6.45) is -0.0395. The first-order valence-corrected chi connectivity index (χ1v) is 13.0. The zero-order valence-corrected chi connectivity index (χ0v) is 22.5. The molecular weight excluding hydrogens is 514 g/mol. The van der Waals surface area contributed by atoms with E-state index < -0.39 is 24.0 Å². The molecule has 0 aromatic heterocycles. The van der Waals surface area contributed by atoms with Crippen LogP contribution in [0.2, 0.25) is 0 Å². The van der Waals surface area contributed by atoms with Crippen LogP contribution in [0.5, 0.6) is 0 Å². The first kappa shape index (κ1) is 30.6. The number of nitrogens with zero attached hydrogens (tertiary/aromatic N) is 3. The second-order valence-corrected chi connectivity index (χ2v) is 8.85. The maximum atomic E-state index is 12.8. The lowest BCUT2D eigenvalue weighted by Crippen LogP contribution is -2.45. The Kier molecular flexibility index (Phi) is 12.9. The van der Waals surface area contributed by atoms with Gasteiger partial charge in [0, 0.05) is 11.5 Å². The van der Waals surface area contributed by atoms with E-state index in [1.807, 2.05) is 42.5 Å². The first-order chi connectivity index (χ1) is 19.5. The molecule has 0 heterocycles. The molecule has 2 atom stereocenters. The largest absolute Gasteiger partial charge is 0.469 e. The summed E-state index contributed by atoms with van der Waals surface area (Å²) in [6, 6.07) is 20.5. The predicted octanol–water partition coefficient (Wildman–Crippen LogP) is 3.91. The van der Waals surface area contributed by atoms with E-state index in [0.717, 1.165) is 27.5 Å². The molecule has 0 saturated heterocycles. The topological polar surface area (TPSA) is 158 Å². The minimum atomic E-state index is -0.931. The third-order valence-corrected chi connectivity index (χ3v) is 6.11. The number of nitrogens with two attached hydrogens (primary N) is 1. The summed E-state index contributed by atoms with van der Waals surface area (Å²) in [6.45, 7) is 1.88. The van der Waals surface area contributed by atoms with E-state index in [-0.39, 0.29) is 26.2 Å². The summed E-state index contributed by atoms with van der Waals surface area (Å²) < 4.78 is 20.9. The van der Waals surface area contributed by atoms with Gasteiger partial charge in [0.05, 0.1) is 59.2 Å². The third kappa shape index (κ3) is 9.64. The minimum Gasteiger partial charge on any atom is -0.469 e. The number of benzene rings is 3. The van der Waals surface area contributed by atoms with E-state index in [2.05, 4.69) is 39.6 Å². The Balaban J connectivity index is 1.51. The van der Waals surface area contributed by atoms with Crippen molar-refractivity contribution in [1.29, 1.82) is 0 Å². The summed E-state index contributed by atoms with van der Waals surface area (Å²) in [5.41, 5.74) is 17.1. The molecule has 3 rings (SSSR count). The lowest BCUT2D eigenvalue weighted by Gasteiger charge is -2.21. The monoisotopic (exact) mass is 549 g/mol. The van der Waals surface area contributed by atoms with Crippen LogP contribution in [0.25, 0.3) is 32.3 Å². The van der Waals surface area contributed by atoms with Crippen LogP contribution in [-0.4, -0.2) is 71.2 Å². The Hall–Kier alpha value is -3.99. The molecule has 11 nitrogen and oxygen atoms in total. The molecule has 1 unspecified atom stereocenters. The van der Waals surface area contributed by atoms with E-state index in [9.17, 15) is 9.59 Å². The summed E-state index contributed by atoms with van der Waals surface area (Å²) in [5, 5.41) is 8.51. The number of azide groups is 1. The number of hydrogen-bond acceptors (Lipinski definition) is 8. The summed E-state index contributed by atoms with van der Waals surface area (Å²) >= 11 is 0. The molecule has 0 radical (unpaired) electrons. The van der Waals surface area contributed by atoms with Crippen LogP contribution in [0.1, 0.15) is 18.0 Å². The number of ether oxygens (including phenoxy) is 4. The number of hydrogen-bond donors (Lipinski definition) is 2. The highest BCUT2D eigenvalue weighted by atomic mass is 16.5. The van der Waals surface area contributed by atoms with E-state index >= 15 is 0 Å². The van der Waals surface area contributed by atoms with E-state index in [0.29, 0.717) is 26.4 Å². The van der Waals surface area contributed by atoms with Crippen LogP contribution in [-0.2, 0) is 28.5 Å². The number of fused-ring (bicyclic) bond motifs is 1. The van der Waals surface area contributed by atoms with Crippen LogP contribution in [0.15, 0.2) is 71.8 Å². The maximum absolute atomic E-state index is 12.8. The molecule has 212 valence electrons. The Morgan fingerprint density at radius 2 is 1.60 bits per heavy atom. The van der Waals surface area contributed by atoms with Gasteiger partial charge in [-0.2, -0.15) is 0 Å². The molecule has 3 aromatic rings. The van der Waals surface area contributed by atoms with E-state index in [1.54, 1.807) is 0 Å². The maximum Gasteiger partial charge on any atom is 0.307 e. The van der Waals surface area contributed by atoms with Gasteiger partial charge in [0.1, 0.15) is 6.04 Å². The molecular formula is C29H35N5O6. The molecule has 0 saturated carbocycles. The van der Waals surface area contributed by atoms with Gasteiger partial charge in [0.2, 0.25) is 5.91 Å². The second-order valence-electron chi connectivity index (χ2n) is 8.85. The van der Waals surface area contributed by atoms with Gasteiger partial charge in [-0.3, -0.25) is 9.59 Å². The molecule has 0 aliphatic rings. The Morgan fingerprint density at radius 3 is 2.33 bits per heavy atom. The first-order valence-electron chi connectivity index (χ1n) is 13.0. The standard InChI is InChI=1S/C29H35N5O6/c1-37-28(35)19-27(33-29(36)26(30)20-40-18-17-39-16-15-38-14-13-32-34-31)23-11-9-22(10-12-23)25-8-4-6-21-5-2-3-7-24(21)25/h2-12,26-27H,13-20,30H2,1H3,(H,33,36)/t26-,27?/m0/s1. The Morgan fingerprint density at radius 1 is 0.925 bits per heavy atom. The number of rotatable bonds is 17. The highest BCUT2D eigenvalue weighted by molar-refractivity contribution is 5.96. The van der Waals surface area contributed by atoms with Crippen molar-refractivity contribution in [3.63, 3.8) is 0 Å². The molecule has 0 aliphatic heterocycles. The molecule has 0 spiro atoms. The van der Waals surface area contributed by atoms with Crippen molar-refractivity contribution in [3.05, 3.63) is 82.7 Å². The van der Waals surface area contributed by atoms with Crippen LogP contribution in [0, 0.1) is 0 Å². The molecule has 11 heteroatoms. The van der Waals surface area contributed by atoms with Crippen LogP contribution >= 0.6 is 0 Å². The molecule has 1 amide bonds. The number of esters is 1. The average molecular weight is 550 g/mol. The van der Waals surface area contributed by atoms with E-state index in [4.69, 9.17) is 30.2 Å². The lowest BCUT2D eigenvalue weighted by molar-refractivity contribution is -0.141. The van der Waals surface area contributed by atoms with Crippen LogP contribution in [0.4, 0.5) is 0 Å². The van der Waals surface area contributed by atoms with Crippen molar-refractivity contribution in [1.82, 2.24) is 5.32 Å². The quantitative estimate of drug-likeness (QED) is 0.0849. The molecule has 3 N–H and O–H groups in total. The van der Waals surface area contributed by atoms with Crippen molar-refractivity contribution < 1.29 is 28.5 Å². The molecule has 3 aromatic carbocycles. The van der Waals surface area contributed by atoms with Gasteiger partial charge < -0.3 is 30.0 Å². The van der Waals surface area contributed by atoms with Gasteiger partial charge in [0.15, 0.2) is 0 Å². The van der Waals surface area contributed by atoms with Gasteiger partial charge in [-0.25, -0.2) is 0 Å². The normalized spacial score (nSPS) is 12.3. The predicted molar refractivity (Wildman–Crippen MR) is 151 cm³/mol. The zero-order valence-electron chi connectivity index (χ0n) is 22.5. The zero-order chi connectivity index (χ0) is 28.6. The highest BCUT2D eigenvalue weighted by Gasteiger charge is 2.22. The van der Waals surface area contributed by atoms with Gasteiger partial charge in [-0.1, -0.05) is 71.8 Å². The van der Waals surface area contributed by atoms with Crippen molar-refractivity contribution in [3.8, 4) is 11.1 Å². The second kappa shape index (κ2) is 16.9. The highest BCUT2D eigenvalue weighted by Crippen LogP contribution is 2.30. The van der Waals surface area contributed by atoms with Gasteiger partial charge in [-0.05, 0) is 33.0 Å². The SMILES string of the molecule is COC(=O)CC(NC(=O)[C@@H](N)COCCOCCOCCN=[N+]=[N-])c1ccc(-c2cccc3ccccc23)cc1. The van der Waals surface area contributed by atoms with E-state index in [1.165, 1.54) is 7.11 Å². The van der Waals surface area contributed by atoms with Crippen molar-refractivity contribution in [2.45, 2.75) is 18.5 Å². The fraction of sp³-hybridized carbons (Fsp3) is 0.379. The van der Waals surface area contributed by atoms with Crippen molar-refractivity contribution in [2.24, 2.45) is 10.8 Å². The number of nitrogens with one attached hydrogen (secondary N) is 1. The van der Waals surface area contributed by atoms with Crippen LogP contribution in [0.3, 0.4) is 0 Å². The Labute approximate surface area is 233 Å². The average Bonchev–Trinajstić information content (AvgIpc) is 2.99. The Bertz CT molecular complexity index is 1270. The molecule has 40 heavy (non-hydrogen) atoms. The van der Waals surface area contributed by atoms with Crippen LogP contribution < -0.4 is 11.1 Å².